The van der Waals surface area contributed by atoms with E-state index in [1.807, 2.05) is 17.5 Å². The van der Waals surface area contributed by atoms with E-state index in [4.69, 9.17) is 0 Å². The fourth-order valence-electron chi connectivity index (χ4n) is 3.11. The molecule has 1 amide bonds. The maximum Gasteiger partial charge on any atom is 0.272 e. The van der Waals surface area contributed by atoms with Gasteiger partial charge in [0.15, 0.2) is 5.69 Å². The topological polar surface area (TPSA) is 83.6 Å². The number of aromatic nitrogens is 4. The van der Waals surface area contributed by atoms with Crippen LogP contribution in [-0.4, -0.2) is 32.6 Å². The van der Waals surface area contributed by atoms with Crippen LogP contribution in [0.3, 0.4) is 0 Å². The summed E-state index contributed by atoms with van der Waals surface area (Å²) in [6.45, 7) is 0.556. The Morgan fingerprint density at radius 3 is 2.96 bits per heavy atom. The molecule has 0 spiro atoms. The van der Waals surface area contributed by atoms with Crippen molar-refractivity contribution in [2.24, 2.45) is 0 Å². The zero-order valence-electron chi connectivity index (χ0n) is 13.8. The van der Waals surface area contributed by atoms with Gasteiger partial charge in [0.1, 0.15) is 5.01 Å². The lowest BCUT2D eigenvalue weighted by Gasteiger charge is -2.10. The van der Waals surface area contributed by atoms with E-state index < -0.39 is 0 Å². The predicted octanol–water partition coefficient (Wildman–Crippen LogP) is 2.78. The number of aryl methyl sites for hydroxylation is 1. The van der Waals surface area contributed by atoms with Crippen molar-refractivity contribution in [2.75, 3.05) is 6.54 Å². The molecule has 0 saturated carbocycles. The molecule has 0 aliphatic heterocycles. The number of hydrogen-bond donors (Lipinski definition) is 2. The summed E-state index contributed by atoms with van der Waals surface area (Å²) in [6, 6.07) is 3.90. The molecule has 2 N–H and O–H groups in total. The molecule has 0 unspecified atom stereocenters. The van der Waals surface area contributed by atoms with Crippen molar-refractivity contribution in [1.29, 1.82) is 0 Å². The molecular weight excluding hydrogens is 334 g/mol. The van der Waals surface area contributed by atoms with Gasteiger partial charge in [-0.1, -0.05) is 0 Å². The van der Waals surface area contributed by atoms with Gasteiger partial charge >= 0.3 is 0 Å². The highest BCUT2D eigenvalue weighted by Crippen LogP contribution is 2.23. The second-order valence-electron chi connectivity index (χ2n) is 6.12. The molecule has 3 heterocycles. The van der Waals surface area contributed by atoms with E-state index in [1.165, 1.54) is 6.42 Å². The van der Waals surface area contributed by atoms with Crippen LogP contribution in [0.5, 0.6) is 0 Å². The van der Waals surface area contributed by atoms with Crippen LogP contribution in [0, 0.1) is 0 Å². The first-order valence-corrected chi connectivity index (χ1v) is 9.38. The Morgan fingerprint density at radius 1 is 1.24 bits per heavy atom. The lowest BCUT2D eigenvalue weighted by Crippen LogP contribution is -2.27. The first-order chi connectivity index (χ1) is 12.3. The second kappa shape index (κ2) is 7.14. The van der Waals surface area contributed by atoms with E-state index in [-0.39, 0.29) is 5.91 Å². The summed E-state index contributed by atoms with van der Waals surface area (Å²) in [5.74, 6) is -0.0935. The fourth-order valence-corrected chi connectivity index (χ4v) is 3.97. The molecule has 25 heavy (non-hydrogen) atoms. The van der Waals surface area contributed by atoms with Crippen LogP contribution in [0.25, 0.3) is 10.6 Å². The average molecular weight is 353 g/mol. The number of amides is 1. The molecule has 1 aliphatic rings. The summed E-state index contributed by atoms with van der Waals surface area (Å²) in [6.07, 6.45) is 8.47. The summed E-state index contributed by atoms with van der Waals surface area (Å²) < 4.78 is 0. The van der Waals surface area contributed by atoms with Crippen LogP contribution in [0.1, 0.15) is 40.3 Å². The molecule has 0 radical (unpaired) electrons. The quantitative estimate of drug-likeness (QED) is 0.739. The van der Waals surface area contributed by atoms with Crippen LogP contribution in [-0.2, 0) is 19.3 Å². The normalized spacial score (nSPS) is 13.4. The highest BCUT2D eigenvalue weighted by atomic mass is 32.1. The van der Waals surface area contributed by atoms with Crippen LogP contribution in [0.15, 0.2) is 29.9 Å². The first kappa shape index (κ1) is 16.0. The molecule has 0 atom stereocenters. The van der Waals surface area contributed by atoms with Crippen molar-refractivity contribution >= 4 is 17.2 Å². The van der Waals surface area contributed by atoms with E-state index in [2.05, 4.69) is 25.5 Å². The Balaban J connectivity index is 1.34. The smallest absolute Gasteiger partial charge is 0.272 e. The van der Waals surface area contributed by atoms with E-state index in [0.717, 1.165) is 46.8 Å². The molecule has 3 aromatic rings. The van der Waals surface area contributed by atoms with E-state index in [1.54, 1.807) is 23.7 Å². The van der Waals surface area contributed by atoms with Crippen LogP contribution >= 0.6 is 11.3 Å². The van der Waals surface area contributed by atoms with Crippen molar-refractivity contribution in [3.63, 3.8) is 0 Å². The number of carbonyl (C=O) groups excluding carboxylic acids is 1. The fraction of sp³-hybridized carbons (Fsp3) is 0.333. The van der Waals surface area contributed by atoms with Gasteiger partial charge in [-0.2, -0.15) is 5.10 Å². The minimum atomic E-state index is -0.0935. The Kier molecular flexibility index (Phi) is 4.56. The Labute approximate surface area is 149 Å². The predicted molar refractivity (Wildman–Crippen MR) is 96.6 cm³/mol. The number of nitrogens with one attached hydrogen (secondary N) is 2. The van der Waals surface area contributed by atoms with Crippen molar-refractivity contribution < 1.29 is 4.79 Å². The molecule has 7 heteroatoms. The maximum atomic E-state index is 12.4. The van der Waals surface area contributed by atoms with Gasteiger partial charge in [-0.3, -0.25) is 14.9 Å². The highest BCUT2D eigenvalue weighted by Gasteiger charge is 2.21. The van der Waals surface area contributed by atoms with Crippen molar-refractivity contribution in [3.05, 3.63) is 52.6 Å². The van der Waals surface area contributed by atoms with Gasteiger partial charge in [0.05, 0.1) is 5.69 Å². The van der Waals surface area contributed by atoms with Gasteiger partial charge in [-0.25, -0.2) is 4.98 Å². The summed E-state index contributed by atoms with van der Waals surface area (Å²) in [4.78, 5) is 21.0. The Hall–Kier alpha value is -2.54. The monoisotopic (exact) mass is 353 g/mol. The van der Waals surface area contributed by atoms with Gasteiger partial charge in [-0.05, 0) is 37.8 Å². The SMILES string of the molecule is O=C(NCCc1csc(-c2ccncc2)n1)c1n[nH]c2c1CCCC2. The van der Waals surface area contributed by atoms with Crippen molar-refractivity contribution in [3.8, 4) is 10.6 Å². The minimum absolute atomic E-state index is 0.0935. The zero-order chi connectivity index (χ0) is 17.1. The highest BCUT2D eigenvalue weighted by molar-refractivity contribution is 7.13. The largest absolute Gasteiger partial charge is 0.350 e. The van der Waals surface area contributed by atoms with Gasteiger partial charge in [0.2, 0.25) is 0 Å². The third-order valence-electron chi connectivity index (χ3n) is 4.42. The number of fused-ring (bicyclic) bond motifs is 1. The second-order valence-corrected chi connectivity index (χ2v) is 6.98. The molecule has 4 rings (SSSR count). The number of aromatic amines is 1. The van der Waals surface area contributed by atoms with Crippen LogP contribution in [0.4, 0.5) is 0 Å². The number of nitrogens with zero attached hydrogens (tertiary/aromatic N) is 3. The van der Waals surface area contributed by atoms with E-state index in [9.17, 15) is 4.79 Å². The van der Waals surface area contributed by atoms with Gasteiger partial charge < -0.3 is 5.32 Å². The molecule has 3 aromatic heterocycles. The molecule has 0 bridgehead atoms. The number of carbonyl (C=O) groups is 1. The number of pyridine rings is 1. The van der Waals surface area contributed by atoms with Crippen LogP contribution < -0.4 is 5.32 Å². The van der Waals surface area contributed by atoms with Gasteiger partial charge in [-0.15, -0.1) is 11.3 Å². The number of thiazole rings is 1. The third-order valence-corrected chi connectivity index (χ3v) is 5.36. The van der Waals surface area contributed by atoms with E-state index >= 15 is 0 Å². The Morgan fingerprint density at radius 2 is 2.08 bits per heavy atom. The van der Waals surface area contributed by atoms with Crippen LogP contribution in [0.2, 0.25) is 0 Å². The molecular formula is C18H19N5OS. The summed E-state index contributed by atoms with van der Waals surface area (Å²) in [5.41, 5.74) is 4.83. The third kappa shape index (κ3) is 3.46. The zero-order valence-corrected chi connectivity index (χ0v) is 14.6. The molecule has 0 saturated heterocycles. The van der Waals surface area contributed by atoms with Crippen molar-refractivity contribution in [2.45, 2.75) is 32.1 Å². The first-order valence-electron chi connectivity index (χ1n) is 8.50. The van der Waals surface area contributed by atoms with Crippen molar-refractivity contribution in [1.82, 2.24) is 25.5 Å². The van der Waals surface area contributed by atoms with Gasteiger partial charge in [0, 0.05) is 47.6 Å². The number of hydrogen-bond acceptors (Lipinski definition) is 5. The summed E-state index contributed by atoms with van der Waals surface area (Å²) in [7, 11) is 0. The molecule has 6 nitrogen and oxygen atoms in total. The average Bonchev–Trinajstić information content (AvgIpc) is 3.29. The summed E-state index contributed by atoms with van der Waals surface area (Å²) >= 11 is 1.61. The lowest BCUT2D eigenvalue weighted by molar-refractivity contribution is 0.0948. The standard InChI is InChI=1S/C18H19N5OS/c24-17(16-14-3-1-2-4-15(14)22-23-16)20-10-7-13-11-25-18(21-13)12-5-8-19-9-6-12/h5-6,8-9,11H,1-4,7,10H2,(H,20,24)(H,22,23). The Bertz CT molecular complexity index is 871. The number of rotatable bonds is 5. The maximum absolute atomic E-state index is 12.4. The lowest BCUT2D eigenvalue weighted by atomic mass is 9.96. The minimum Gasteiger partial charge on any atom is -0.350 e. The molecule has 128 valence electrons. The van der Waals surface area contributed by atoms with Gasteiger partial charge in [0.25, 0.3) is 5.91 Å². The number of H-pyrrole nitrogens is 1. The summed E-state index contributed by atoms with van der Waals surface area (Å²) in [5, 5.41) is 13.2. The molecule has 1 aliphatic carbocycles. The molecule has 0 aromatic carbocycles. The molecule has 0 fully saturated rings. The van der Waals surface area contributed by atoms with E-state index in [0.29, 0.717) is 18.7 Å².